The van der Waals surface area contributed by atoms with Gasteiger partial charge in [-0.2, -0.15) is 8.42 Å². The van der Waals surface area contributed by atoms with Gasteiger partial charge in [0.05, 0.1) is 46.0 Å². The first-order valence-electron chi connectivity index (χ1n) is 20.1. The van der Waals surface area contributed by atoms with E-state index in [1.807, 2.05) is 30.3 Å². The maximum absolute atomic E-state index is 13.2. The van der Waals surface area contributed by atoms with Crippen LogP contribution in [0, 0.1) is 34.5 Å². The molecular formula is C42H58ClN3O10S3. The largest absolute Gasteiger partial charge is 0.393 e. The Labute approximate surface area is 357 Å². The number of sulfonamides is 2. The molecule has 0 saturated heterocycles. The highest BCUT2D eigenvalue weighted by Crippen LogP contribution is 2.68. The summed E-state index contributed by atoms with van der Waals surface area (Å²) < 4.78 is 51.6. The van der Waals surface area contributed by atoms with Crippen molar-refractivity contribution in [1.82, 2.24) is 0 Å². The van der Waals surface area contributed by atoms with Crippen LogP contribution in [-0.2, 0) is 30.6 Å². The Hall–Kier alpha value is -2.38. The number of nitrogens with two attached hydrogens (primary N) is 1. The van der Waals surface area contributed by atoms with E-state index in [0.29, 0.717) is 37.2 Å². The van der Waals surface area contributed by atoms with Crippen LogP contribution in [-0.4, -0.2) is 89.3 Å². The van der Waals surface area contributed by atoms with Gasteiger partial charge in [0.25, 0.3) is 10.0 Å². The number of thioether (sulfide) groups is 1. The van der Waals surface area contributed by atoms with Crippen LogP contribution in [0.1, 0.15) is 91.5 Å². The number of anilines is 1. The van der Waals surface area contributed by atoms with Gasteiger partial charge in [0.2, 0.25) is 10.0 Å². The second-order valence-corrected chi connectivity index (χ2v) is 22.9. The summed E-state index contributed by atoms with van der Waals surface area (Å²) in [6.07, 6.45) is 4.06. The highest BCUT2D eigenvalue weighted by molar-refractivity contribution is 7.99. The van der Waals surface area contributed by atoms with Gasteiger partial charge in [-0.1, -0.05) is 62.7 Å². The zero-order chi connectivity index (χ0) is 43.5. The maximum atomic E-state index is 13.2. The SMILES string of the molecule is C[C@H]([C@H](O)CCC(C)(C)O)[C@H]1CC[C@@]2(O)C3=CC(=O)[C@@H]4C[C@@H](O)[C@@H](O)C[C@]4(C)[C@H]3CC[C@]12C.NS(=O)(=O)c1cc2c(cc1Cl)NC(CSCc1ccccc1)=NS2(=O)=O. The summed E-state index contributed by atoms with van der Waals surface area (Å²) in [5.74, 6) is 1.01. The van der Waals surface area contributed by atoms with E-state index in [-0.39, 0.29) is 57.3 Å². The number of allylic oxidation sites excluding steroid dienone is 1. The average molecular weight is 897 g/mol. The van der Waals surface area contributed by atoms with Crippen LogP contribution >= 0.6 is 23.4 Å². The summed E-state index contributed by atoms with van der Waals surface area (Å²) in [5, 5.41) is 61.7. The quantitative estimate of drug-likeness (QED) is 0.164. The second kappa shape index (κ2) is 16.7. The molecule has 0 bridgehead atoms. The number of nitrogens with one attached hydrogen (secondary N) is 1. The fourth-order valence-corrected chi connectivity index (χ4v) is 13.9. The molecular weight excluding hydrogens is 838 g/mol. The highest BCUT2D eigenvalue weighted by Gasteiger charge is 2.67. The van der Waals surface area contributed by atoms with Gasteiger partial charge in [0.1, 0.15) is 15.6 Å². The number of aliphatic hydroxyl groups excluding tert-OH is 3. The number of fused-ring (bicyclic) bond motifs is 6. The third-order valence-corrected chi connectivity index (χ3v) is 17.7. The fraction of sp³-hybridized carbons (Fsp3) is 0.619. The number of hydrogen-bond acceptors (Lipinski definition) is 12. The number of carbonyl (C=O) groups excluding carboxylic acids is 1. The smallest absolute Gasteiger partial charge is 0.286 e. The Kier molecular flexibility index (Phi) is 13.1. The number of benzene rings is 2. The van der Waals surface area contributed by atoms with E-state index in [9.17, 15) is 47.2 Å². The van der Waals surface area contributed by atoms with Gasteiger partial charge in [0, 0.05) is 17.1 Å². The van der Waals surface area contributed by atoms with Gasteiger partial charge >= 0.3 is 0 Å². The van der Waals surface area contributed by atoms with Crippen molar-refractivity contribution in [3.05, 3.63) is 64.7 Å². The van der Waals surface area contributed by atoms with Crippen LogP contribution in [0.4, 0.5) is 5.69 Å². The molecule has 1 heterocycles. The second-order valence-electron chi connectivity index (χ2n) is 18.4. The normalized spacial score (nSPS) is 33.4. The zero-order valence-electron chi connectivity index (χ0n) is 34.1. The van der Waals surface area contributed by atoms with Gasteiger partial charge in [-0.05, 0) is 118 Å². The number of halogens is 1. The van der Waals surface area contributed by atoms with E-state index in [2.05, 4.69) is 30.5 Å². The predicted octanol–water partition coefficient (Wildman–Crippen LogP) is 5.17. The summed E-state index contributed by atoms with van der Waals surface area (Å²) in [6.45, 7) is 9.74. The summed E-state index contributed by atoms with van der Waals surface area (Å²) in [6, 6.07) is 11.9. The lowest BCUT2D eigenvalue weighted by molar-refractivity contribution is -0.154. The van der Waals surface area contributed by atoms with Crippen molar-refractivity contribution >= 4 is 60.7 Å². The lowest BCUT2D eigenvalue weighted by Gasteiger charge is -2.60. The summed E-state index contributed by atoms with van der Waals surface area (Å²) >= 11 is 7.43. The molecule has 2 aromatic rings. The van der Waals surface area contributed by atoms with Gasteiger partial charge in [-0.15, -0.1) is 16.2 Å². The molecule has 13 nitrogen and oxygen atoms in total. The highest BCUT2D eigenvalue weighted by atomic mass is 35.5. The Morgan fingerprint density at radius 2 is 1.75 bits per heavy atom. The minimum Gasteiger partial charge on any atom is -0.393 e. The molecule has 2 aromatic carbocycles. The average Bonchev–Trinajstić information content (AvgIpc) is 3.41. The number of amidine groups is 1. The predicted molar refractivity (Wildman–Crippen MR) is 229 cm³/mol. The molecule has 17 heteroatoms. The zero-order valence-corrected chi connectivity index (χ0v) is 37.3. The lowest BCUT2D eigenvalue weighted by atomic mass is 9.46. The van der Waals surface area contributed by atoms with E-state index in [1.54, 1.807) is 19.9 Å². The van der Waals surface area contributed by atoms with Gasteiger partial charge in [-0.3, -0.25) is 4.79 Å². The molecule has 0 amide bonds. The van der Waals surface area contributed by atoms with Crippen molar-refractivity contribution in [3.63, 3.8) is 0 Å². The van der Waals surface area contributed by atoms with Crippen molar-refractivity contribution in [2.24, 2.45) is 44.0 Å². The molecule has 4 aliphatic carbocycles. The molecule has 5 aliphatic rings. The molecule has 0 spiro atoms. The Balaban J connectivity index is 0.000000204. The van der Waals surface area contributed by atoms with Gasteiger partial charge in [-0.25, -0.2) is 13.6 Å². The van der Waals surface area contributed by atoms with Gasteiger partial charge < -0.3 is 30.8 Å². The fourth-order valence-electron chi connectivity index (χ4n) is 10.6. The topological polar surface area (TPSA) is 237 Å². The first-order chi connectivity index (χ1) is 27.3. The Morgan fingerprint density at radius 3 is 2.39 bits per heavy atom. The summed E-state index contributed by atoms with van der Waals surface area (Å²) in [4.78, 5) is 12.5. The van der Waals surface area contributed by atoms with Crippen molar-refractivity contribution in [2.75, 3.05) is 11.1 Å². The van der Waals surface area contributed by atoms with Crippen LogP contribution in [0.15, 0.2) is 68.3 Å². The molecule has 0 unspecified atom stereocenters. The molecule has 7 rings (SSSR count). The Bertz CT molecular complexity index is 2220. The van der Waals surface area contributed by atoms with Crippen molar-refractivity contribution in [2.45, 2.75) is 131 Å². The third-order valence-electron chi connectivity index (χ3n) is 14.0. The minimum atomic E-state index is -4.15. The number of aliphatic hydroxyl groups is 5. The molecule has 1 aliphatic heterocycles. The molecule has 3 fully saturated rings. The van der Waals surface area contributed by atoms with E-state index in [4.69, 9.17) is 16.7 Å². The van der Waals surface area contributed by atoms with Gasteiger partial charge in [0.15, 0.2) is 5.78 Å². The van der Waals surface area contributed by atoms with Crippen LogP contribution < -0.4 is 10.5 Å². The number of ketones is 1. The van der Waals surface area contributed by atoms with Crippen molar-refractivity contribution in [3.8, 4) is 0 Å². The molecule has 10 atom stereocenters. The van der Waals surface area contributed by atoms with E-state index < -0.39 is 65.3 Å². The number of primary sulfonamides is 1. The molecule has 0 aromatic heterocycles. The minimum absolute atomic E-state index is 0.00888. The molecule has 3 saturated carbocycles. The molecule has 0 radical (unpaired) electrons. The van der Waals surface area contributed by atoms with Crippen LogP contribution in [0.3, 0.4) is 0 Å². The van der Waals surface area contributed by atoms with E-state index >= 15 is 0 Å². The standard InChI is InChI=1S/C27H44O6.C15H14ClN3O4S3/c1-15(20(28)8-9-24(2,3)32)16-7-11-27(33)18-12-21(29)19-13-22(30)23(31)14-25(19,4)17(18)6-10-26(16,27)5;16-11-6-12-14(7-13(11)25(17,20)21)26(22,23)19-15(18-12)9-24-8-10-4-2-1-3-5-10/h12,15-17,19-20,22-23,28,30-33H,6-11,13-14H2,1-5H3;1-7H,8-9H2,(H,18,19)(H2,17,20,21)/t15-,16+,17-,19-,20+,22+,23-,25+,26+,27+;/m0./s1. The van der Waals surface area contributed by atoms with E-state index in [1.165, 1.54) is 17.8 Å². The van der Waals surface area contributed by atoms with Crippen LogP contribution in [0.2, 0.25) is 5.02 Å². The van der Waals surface area contributed by atoms with E-state index in [0.717, 1.165) is 36.5 Å². The van der Waals surface area contributed by atoms with Crippen molar-refractivity contribution < 1.29 is 47.2 Å². The molecule has 8 N–H and O–H groups in total. The summed E-state index contributed by atoms with van der Waals surface area (Å²) in [7, 11) is -8.20. The van der Waals surface area contributed by atoms with Crippen LogP contribution in [0.25, 0.3) is 0 Å². The number of carbonyl (C=O) groups is 1. The molecule has 59 heavy (non-hydrogen) atoms. The Morgan fingerprint density at radius 1 is 1.07 bits per heavy atom. The lowest BCUT2D eigenvalue weighted by Crippen LogP contribution is -2.61. The number of rotatable bonds is 10. The first-order valence-corrected chi connectivity index (χ1v) is 24.7. The number of hydrogen-bond donors (Lipinski definition) is 7. The molecule has 326 valence electrons. The number of nitrogens with zero attached hydrogens (tertiary/aromatic N) is 1. The third kappa shape index (κ3) is 9.09. The first kappa shape index (κ1) is 46.1. The summed E-state index contributed by atoms with van der Waals surface area (Å²) in [5.41, 5.74) is -0.727. The van der Waals surface area contributed by atoms with Crippen LogP contribution in [0.5, 0.6) is 0 Å². The monoisotopic (exact) mass is 895 g/mol. The maximum Gasteiger partial charge on any atom is 0.286 e. The van der Waals surface area contributed by atoms with Crippen molar-refractivity contribution in [1.29, 1.82) is 0 Å².